The van der Waals surface area contributed by atoms with Crippen LogP contribution in [0.4, 0.5) is 0 Å². The maximum absolute atomic E-state index is 2.71. The number of rotatable bonds is 1. The van der Waals surface area contributed by atoms with E-state index in [1.807, 2.05) is 11.8 Å². The van der Waals surface area contributed by atoms with Gasteiger partial charge >= 0.3 is 0 Å². The molecule has 0 spiro atoms. The Morgan fingerprint density at radius 1 is 1.16 bits per heavy atom. The van der Waals surface area contributed by atoms with E-state index in [2.05, 4.69) is 27.7 Å². The quantitative estimate of drug-likeness (QED) is 0.786. The van der Waals surface area contributed by atoms with Crippen LogP contribution in [0.1, 0.15) is 24.1 Å². The molecule has 1 aromatic carbocycles. The van der Waals surface area contributed by atoms with Gasteiger partial charge in [0, 0.05) is 53.8 Å². The lowest BCUT2D eigenvalue weighted by Crippen LogP contribution is -2.32. The molecule has 0 amide bonds. The van der Waals surface area contributed by atoms with E-state index in [0.717, 1.165) is 6.04 Å². The molecule has 19 heavy (non-hydrogen) atoms. The first-order valence-electron chi connectivity index (χ1n) is 7.41. The molecule has 1 saturated carbocycles. The summed E-state index contributed by atoms with van der Waals surface area (Å²) in [7, 11) is 0. The third kappa shape index (κ3) is 1.49. The Bertz CT molecular complexity index is 669. The lowest BCUT2D eigenvalue weighted by molar-refractivity contribution is 0.242. The molecule has 1 aromatic heterocycles. The highest BCUT2D eigenvalue weighted by Crippen LogP contribution is 2.41. The number of hydrogen-bond donors (Lipinski definition) is 0. The number of aryl methyl sites for hydroxylation is 1. The summed E-state index contributed by atoms with van der Waals surface area (Å²) in [5.41, 5.74) is 4.80. The lowest BCUT2D eigenvalue weighted by Gasteiger charge is -2.28. The van der Waals surface area contributed by atoms with Crippen LogP contribution in [0.15, 0.2) is 23.1 Å². The van der Waals surface area contributed by atoms with Gasteiger partial charge in [-0.1, -0.05) is 12.1 Å². The molecule has 0 unspecified atom stereocenters. The molecule has 3 heterocycles. The van der Waals surface area contributed by atoms with E-state index in [-0.39, 0.29) is 0 Å². The molecule has 3 heteroatoms. The first kappa shape index (κ1) is 10.8. The van der Waals surface area contributed by atoms with Gasteiger partial charge in [-0.2, -0.15) is 0 Å². The van der Waals surface area contributed by atoms with Crippen LogP contribution in [0.25, 0.3) is 10.9 Å². The number of nitrogens with zero attached hydrogens (tertiary/aromatic N) is 2. The summed E-state index contributed by atoms with van der Waals surface area (Å²) in [6.45, 7) is 3.67. The van der Waals surface area contributed by atoms with Gasteiger partial charge in [-0.15, -0.1) is 11.8 Å². The monoisotopic (exact) mass is 270 g/mol. The predicted molar refractivity (Wildman–Crippen MR) is 79.8 cm³/mol. The molecule has 0 radical (unpaired) electrons. The predicted octanol–water partition coefficient (Wildman–Crippen LogP) is 3.27. The van der Waals surface area contributed by atoms with Crippen molar-refractivity contribution >= 4 is 22.7 Å². The zero-order chi connectivity index (χ0) is 12.4. The van der Waals surface area contributed by atoms with Gasteiger partial charge in [0.25, 0.3) is 0 Å². The molecular weight excluding hydrogens is 252 g/mol. The van der Waals surface area contributed by atoms with Crippen molar-refractivity contribution in [1.82, 2.24) is 9.47 Å². The minimum absolute atomic E-state index is 0.897. The van der Waals surface area contributed by atoms with Gasteiger partial charge < -0.3 is 4.57 Å². The van der Waals surface area contributed by atoms with Crippen molar-refractivity contribution < 1.29 is 0 Å². The second kappa shape index (κ2) is 3.80. The van der Waals surface area contributed by atoms with E-state index in [9.17, 15) is 0 Å². The number of fused-ring (bicyclic) bond motifs is 3. The third-order valence-electron chi connectivity index (χ3n) is 4.90. The van der Waals surface area contributed by atoms with E-state index in [4.69, 9.17) is 0 Å². The molecule has 2 nitrogen and oxygen atoms in total. The van der Waals surface area contributed by atoms with Crippen LogP contribution in [-0.2, 0) is 19.5 Å². The zero-order valence-electron chi connectivity index (χ0n) is 11.1. The third-order valence-corrected chi connectivity index (χ3v) is 5.93. The van der Waals surface area contributed by atoms with E-state index >= 15 is 0 Å². The maximum Gasteiger partial charge on any atom is 0.0624 e. The molecule has 98 valence electrons. The highest BCUT2D eigenvalue weighted by molar-refractivity contribution is 7.99. The summed E-state index contributed by atoms with van der Waals surface area (Å²) >= 11 is 2.03. The fourth-order valence-corrected chi connectivity index (χ4v) is 4.88. The minimum Gasteiger partial charge on any atom is -0.342 e. The van der Waals surface area contributed by atoms with Crippen molar-refractivity contribution in [2.45, 2.75) is 43.3 Å². The lowest BCUT2D eigenvalue weighted by atomic mass is 10.0. The number of hydrogen-bond acceptors (Lipinski definition) is 2. The first-order valence-corrected chi connectivity index (χ1v) is 8.40. The van der Waals surface area contributed by atoms with E-state index in [0.29, 0.717) is 0 Å². The van der Waals surface area contributed by atoms with Crippen LogP contribution in [0.2, 0.25) is 0 Å². The molecule has 2 aliphatic heterocycles. The topological polar surface area (TPSA) is 8.17 Å². The van der Waals surface area contributed by atoms with Gasteiger partial charge in [0.15, 0.2) is 0 Å². The summed E-state index contributed by atoms with van der Waals surface area (Å²) in [5.74, 6) is 1.24. The average Bonchev–Trinajstić information content (AvgIpc) is 3.26. The van der Waals surface area contributed by atoms with E-state index < -0.39 is 0 Å². The summed E-state index contributed by atoms with van der Waals surface area (Å²) < 4.78 is 2.63. The Hall–Kier alpha value is -0.930. The SMILES string of the molecule is c1cc2c3c(c1)c1c(n3CCS2)CCN(C2CC2)C1. The van der Waals surface area contributed by atoms with Crippen LogP contribution in [0.3, 0.4) is 0 Å². The second-order valence-corrected chi connectivity index (χ2v) is 7.17. The Morgan fingerprint density at radius 3 is 3.00 bits per heavy atom. The van der Waals surface area contributed by atoms with E-state index in [1.54, 1.807) is 11.3 Å². The van der Waals surface area contributed by atoms with Gasteiger partial charge in [0.2, 0.25) is 0 Å². The van der Waals surface area contributed by atoms with Crippen molar-refractivity contribution in [1.29, 1.82) is 0 Å². The van der Waals surface area contributed by atoms with Crippen LogP contribution in [-0.4, -0.2) is 27.8 Å². The summed E-state index contributed by atoms with van der Waals surface area (Å²) in [4.78, 5) is 4.21. The maximum atomic E-state index is 2.71. The molecule has 1 fully saturated rings. The fourth-order valence-electron chi connectivity index (χ4n) is 3.85. The van der Waals surface area contributed by atoms with Crippen molar-refractivity contribution in [3.05, 3.63) is 29.5 Å². The number of thioether (sulfide) groups is 1. The fraction of sp³-hybridized carbons (Fsp3) is 0.500. The highest BCUT2D eigenvalue weighted by Gasteiger charge is 2.34. The Kier molecular flexibility index (Phi) is 2.16. The first-order chi connectivity index (χ1) is 9.42. The second-order valence-electron chi connectivity index (χ2n) is 6.03. The Balaban J connectivity index is 1.74. The molecule has 0 saturated heterocycles. The number of para-hydroxylation sites is 1. The molecule has 0 atom stereocenters. The smallest absolute Gasteiger partial charge is 0.0624 e. The summed E-state index contributed by atoms with van der Waals surface area (Å²) in [5, 5.41) is 1.53. The van der Waals surface area contributed by atoms with Crippen molar-refractivity contribution in [3.8, 4) is 0 Å². The summed E-state index contributed by atoms with van der Waals surface area (Å²) in [6.07, 6.45) is 4.11. The Labute approximate surface area is 117 Å². The molecule has 2 aromatic rings. The van der Waals surface area contributed by atoms with Crippen LogP contribution < -0.4 is 0 Å². The van der Waals surface area contributed by atoms with Gasteiger partial charge in [0.05, 0.1) is 5.52 Å². The molecular formula is C16H18N2S. The number of benzene rings is 1. The zero-order valence-corrected chi connectivity index (χ0v) is 11.9. The van der Waals surface area contributed by atoms with Gasteiger partial charge in [-0.05, 0) is 24.5 Å². The standard InChI is InChI=1S/C16H18N2S/c1-2-12-13-10-17(11-4-5-11)7-6-14(13)18-8-9-19-15(3-1)16(12)18/h1-3,11H,4-10H2. The van der Waals surface area contributed by atoms with Gasteiger partial charge in [-0.3, -0.25) is 4.90 Å². The Morgan fingerprint density at radius 2 is 2.11 bits per heavy atom. The normalized spacial score (nSPS) is 22.7. The molecule has 1 aliphatic carbocycles. The largest absolute Gasteiger partial charge is 0.342 e. The average molecular weight is 270 g/mol. The van der Waals surface area contributed by atoms with E-state index in [1.165, 1.54) is 60.4 Å². The molecule has 0 N–H and O–H groups in total. The molecule has 5 rings (SSSR count). The van der Waals surface area contributed by atoms with Crippen molar-refractivity contribution in [3.63, 3.8) is 0 Å². The van der Waals surface area contributed by atoms with Crippen LogP contribution in [0, 0.1) is 0 Å². The van der Waals surface area contributed by atoms with Gasteiger partial charge in [-0.25, -0.2) is 0 Å². The van der Waals surface area contributed by atoms with Crippen molar-refractivity contribution in [2.24, 2.45) is 0 Å². The minimum atomic E-state index is 0.897. The molecule has 3 aliphatic rings. The summed E-state index contributed by atoms with van der Waals surface area (Å²) in [6, 6.07) is 7.79. The van der Waals surface area contributed by atoms with Crippen molar-refractivity contribution in [2.75, 3.05) is 12.3 Å². The number of aromatic nitrogens is 1. The highest BCUT2D eigenvalue weighted by atomic mass is 32.2. The molecule has 0 bridgehead atoms. The van der Waals surface area contributed by atoms with Gasteiger partial charge in [0.1, 0.15) is 0 Å². The van der Waals surface area contributed by atoms with Crippen LogP contribution >= 0.6 is 11.8 Å². The van der Waals surface area contributed by atoms with Crippen LogP contribution in [0.5, 0.6) is 0 Å².